The van der Waals surface area contributed by atoms with Gasteiger partial charge < -0.3 is 4.74 Å². The lowest BCUT2D eigenvalue weighted by Crippen LogP contribution is -2.41. The van der Waals surface area contributed by atoms with Gasteiger partial charge in [-0.3, -0.25) is 0 Å². The maximum absolute atomic E-state index is 13.0. The van der Waals surface area contributed by atoms with E-state index in [-0.39, 0.29) is 17.7 Å². The van der Waals surface area contributed by atoms with Gasteiger partial charge in [0.25, 0.3) is 0 Å². The lowest BCUT2D eigenvalue weighted by Gasteiger charge is -2.36. The van der Waals surface area contributed by atoms with Gasteiger partial charge >= 0.3 is 0 Å². The molecule has 1 aromatic rings. The van der Waals surface area contributed by atoms with Crippen LogP contribution in [0.4, 0.5) is 0 Å². The van der Waals surface area contributed by atoms with Gasteiger partial charge in [-0.15, -0.1) is 0 Å². The van der Waals surface area contributed by atoms with Gasteiger partial charge in [-0.1, -0.05) is 24.6 Å². The second-order valence-corrected chi connectivity index (χ2v) is 8.89. The molecular formula is C18H27NO3S. The number of nitrogens with zero attached hydrogens (tertiary/aromatic N) is 1. The number of sulfonamides is 1. The number of hydrogen-bond donors (Lipinski definition) is 0. The number of benzene rings is 1. The van der Waals surface area contributed by atoms with E-state index in [4.69, 9.17) is 4.74 Å². The molecule has 0 bridgehead atoms. The Labute approximate surface area is 139 Å². The summed E-state index contributed by atoms with van der Waals surface area (Å²) in [7, 11) is -3.24. The van der Waals surface area contributed by atoms with Gasteiger partial charge in [0.15, 0.2) is 0 Å². The van der Waals surface area contributed by atoms with Crippen LogP contribution in [0.5, 0.6) is 0 Å². The van der Waals surface area contributed by atoms with Crippen molar-refractivity contribution < 1.29 is 13.2 Å². The second-order valence-electron chi connectivity index (χ2n) is 6.92. The SMILES string of the molecule is Cc1cccc([C@@H]2CCCCN2S(=O)(=O)C[C@H]2CCOC2)c1C. The molecule has 1 aromatic carbocycles. The molecule has 2 heterocycles. The predicted molar refractivity (Wildman–Crippen MR) is 91.9 cm³/mol. The summed E-state index contributed by atoms with van der Waals surface area (Å²) in [5.74, 6) is 0.384. The lowest BCUT2D eigenvalue weighted by molar-refractivity contribution is 0.188. The van der Waals surface area contributed by atoms with Crippen LogP contribution in [-0.2, 0) is 14.8 Å². The van der Waals surface area contributed by atoms with E-state index >= 15 is 0 Å². The molecule has 5 heteroatoms. The Bertz CT molecular complexity index is 650. The fourth-order valence-corrected chi connectivity index (χ4v) is 5.86. The standard InChI is InChI=1S/C18H27NO3S/c1-14-6-5-7-17(15(14)2)18-8-3-4-10-19(18)23(20,21)13-16-9-11-22-12-16/h5-7,16,18H,3-4,8-13H2,1-2H3/t16-,18-/m0/s1. The third-order valence-electron chi connectivity index (χ3n) is 5.29. The van der Waals surface area contributed by atoms with Crippen LogP contribution in [0.1, 0.15) is 48.4 Å². The average molecular weight is 337 g/mol. The Kier molecular flexibility index (Phi) is 5.09. The molecule has 0 aromatic heterocycles. The summed E-state index contributed by atoms with van der Waals surface area (Å²) in [6, 6.07) is 6.23. The molecule has 0 N–H and O–H groups in total. The van der Waals surface area contributed by atoms with Crippen LogP contribution >= 0.6 is 0 Å². The highest BCUT2D eigenvalue weighted by molar-refractivity contribution is 7.89. The fourth-order valence-electron chi connectivity index (χ4n) is 3.79. The second kappa shape index (κ2) is 6.91. The molecule has 128 valence electrons. The molecule has 0 spiro atoms. The first-order valence-electron chi connectivity index (χ1n) is 8.62. The Balaban J connectivity index is 1.87. The number of ether oxygens (including phenoxy) is 1. The molecule has 2 saturated heterocycles. The van der Waals surface area contributed by atoms with Crippen LogP contribution in [0.15, 0.2) is 18.2 Å². The fraction of sp³-hybridized carbons (Fsp3) is 0.667. The Morgan fingerprint density at radius 1 is 1.22 bits per heavy atom. The van der Waals surface area contributed by atoms with Crippen LogP contribution in [0.3, 0.4) is 0 Å². The topological polar surface area (TPSA) is 46.6 Å². The zero-order chi connectivity index (χ0) is 16.4. The molecule has 0 aliphatic carbocycles. The molecule has 2 aliphatic rings. The third kappa shape index (κ3) is 3.62. The van der Waals surface area contributed by atoms with Crippen molar-refractivity contribution >= 4 is 10.0 Å². The van der Waals surface area contributed by atoms with Crippen LogP contribution in [0, 0.1) is 19.8 Å². The third-order valence-corrected chi connectivity index (χ3v) is 7.33. The van der Waals surface area contributed by atoms with E-state index in [0.29, 0.717) is 19.8 Å². The van der Waals surface area contributed by atoms with Crippen molar-refractivity contribution in [2.24, 2.45) is 5.92 Å². The summed E-state index contributed by atoms with van der Waals surface area (Å²) in [5, 5.41) is 0. The molecule has 2 atom stereocenters. The van der Waals surface area contributed by atoms with Gasteiger partial charge in [-0.05, 0) is 55.7 Å². The van der Waals surface area contributed by atoms with E-state index in [1.807, 2.05) is 6.07 Å². The zero-order valence-corrected chi connectivity index (χ0v) is 14.9. The first-order chi connectivity index (χ1) is 11.0. The molecular weight excluding hydrogens is 310 g/mol. The van der Waals surface area contributed by atoms with E-state index in [9.17, 15) is 8.42 Å². The number of piperidine rings is 1. The van der Waals surface area contributed by atoms with Crippen molar-refractivity contribution in [2.45, 2.75) is 45.6 Å². The zero-order valence-electron chi connectivity index (χ0n) is 14.1. The maximum Gasteiger partial charge on any atom is 0.215 e. The quantitative estimate of drug-likeness (QED) is 0.847. The highest BCUT2D eigenvalue weighted by Gasteiger charge is 2.36. The van der Waals surface area contributed by atoms with Crippen LogP contribution in [0.2, 0.25) is 0 Å². The van der Waals surface area contributed by atoms with Gasteiger partial charge in [0.1, 0.15) is 0 Å². The molecule has 4 nitrogen and oxygen atoms in total. The van der Waals surface area contributed by atoms with Crippen molar-refractivity contribution in [1.82, 2.24) is 4.31 Å². The largest absolute Gasteiger partial charge is 0.381 e. The molecule has 3 rings (SSSR count). The van der Waals surface area contributed by atoms with E-state index < -0.39 is 10.0 Å². The average Bonchev–Trinajstić information content (AvgIpc) is 3.02. The first kappa shape index (κ1) is 16.9. The Morgan fingerprint density at radius 2 is 2.04 bits per heavy atom. The van der Waals surface area contributed by atoms with Gasteiger partial charge in [-0.2, -0.15) is 4.31 Å². The molecule has 2 fully saturated rings. The minimum absolute atomic E-state index is 0.00373. The van der Waals surface area contributed by atoms with Crippen molar-refractivity contribution in [1.29, 1.82) is 0 Å². The van der Waals surface area contributed by atoms with Crippen LogP contribution in [0.25, 0.3) is 0 Å². The van der Waals surface area contributed by atoms with Gasteiger partial charge in [0, 0.05) is 19.2 Å². The smallest absolute Gasteiger partial charge is 0.215 e. The van der Waals surface area contributed by atoms with Gasteiger partial charge in [-0.25, -0.2) is 8.42 Å². The molecule has 2 aliphatic heterocycles. The monoisotopic (exact) mass is 337 g/mol. The summed E-state index contributed by atoms with van der Waals surface area (Å²) in [5.41, 5.74) is 3.63. The first-order valence-corrected chi connectivity index (χ1v) is 10.2. The minimum Gasteiger partial charge on any atom is -0.381 e. The van der Waals surface area contributed by atoms with Gasteiger partial charge in [0.05, 0.1) is 12.4 Å². The van der Waals surface area contributed by atoms with Crippen molar-refractivity contribution in [3.05, 3.63) is 34.9 Å². The predicted octanol–water partition coefficient (Wildman–Crippen LogP) is 3.20. The summed E-state index contributed by atoms with van der Waals surface area (Å²) in [4.78, 5) is 0. The maximum atomic E-state index is 13.0. The normalized spacial score (nSPS) is 26.5. The summed E-state index contributed by atoms with van der Waals surface area (Å²) >= 11 is 0. The highest BCUT2D eigenvalue weighted by Crippen LogP contribution is 2.36. The van der Waals surface area contributed by atoms with E-state index in [2.05, 4.69) is 26.0 Å². The van der Waals surface area contributed by atoms with Crippen molar-refractivity contribution in [2.75, 3.05) is 25.5 Å². The van der Waals surface area contributed by atoms with Crippen LogP contribution in [-0.4, -0.2) is 38.2 Å². The Hall–Kier alpha value is -0.910. The van der Waals surface area contributed by atoms with E-state index in [0.717, 1.165) is 25.7 Å². The van der Waals surface area contributed by atoms with E-state index in [1.165, 1.54) is 16.7 Å². The summed E-state index contributed by atoms with van der Waals surface area (Å²) in [6.07, 6.45) is 3.84. The summed E-state index contributed by atoms with van der Waals surface area (Å²) in [6.45, 7) is 6.13. The summed E-state index contributed by atoms with van der Waals surface area (Å²) < 4.78 is 33.1. The molecule has 0 radical (unpaired) electrons. The lowest BCUT2D eigenvalue weighted by atomic mass is 9.92. The molecule has 23 heavy (non-hydrogen) atoms. The molecule has 0 amide bonds. The van der Waals surface area contributed by atoms with Crippen LogP contribution < -0.4 is 0 Å². The Morgan fingerprint density at radius 3 is 2.78 bits per heavy atom. The minimum atomic E-state index is -3.24. The van der Waals surface area contributed by atoms with Crippen molar-refractivity contribution in [3.8, 4) is 0 Å². The van der Waals surface area contributed by atoms with Gasteiger partial charge in [0.2, 0.25) is 10.0 Å². The van der Waals surface area contributed by atoms with E-state index in [1.54, 1.807) is 4.31 Å². The van der Waals surface area contributed by atoms with Crippen molar-refractivity contribution in [3.63, 3.8) is 0 Å². The number of aryl methyl sites for hydroxylation is 1. The number of rotatable bonds is 4. The number of hydrogen-bond acceptors (Lipinski definition) is 3. The molecule has 0 saturated carbocycles. The molecule has 0 unspecified atom stereocenters. The highest BCUT2D eigenvalue weighted by atomic mass is 32.2.